The van der Waals surface area contributed by atoms with Gasteiger partial charge in [0.05, 0.1) is 18.7 Å². The number of aryl methyl sites for hydroxylation is 2. The fourth-order valence-electron chi connectivity index (χ4n) is 2.18. The first-order chi connectivity index (χ1) is 11.0. The van der Waals surface area contributed by atoms with Crippen molar-refractivity contribution >= 4 is 17.4 Å². The maximum atomic E-state index is 12.4. The molecule has 0 saturated carbocycles. The maximum absolute atomic E-state index is 12.4. The zero-order valence-electron chi connectivity index (χ0n) is 13.0. The predicted molar refractivity (Wildman–Crippen MR) is 83.2 cm³/mol. The summed E-state index contributed by atoms with van der Waals surface area (Å²) in [6.07, 6.45) is 0. The average Bonchev–Trinajstić information content (AvgIpc) is 2.86. The normalized spacial score (nSPS) is 11.4. The smallest absolute Gasteiger partial charge is 0.249 e. The van der Waals surface area contributed by atoms with Gasteiger partial charge in [0.15, 0.2) is 11.7 Å². The Hall–Kier alpha value is -3.07. The monoisotopic (exact) mass is 312 g/mol. The number of ether oxygens (including phenoxy) is 1. The van der Waals surface area contributed by atoms with Gasteiger partial charge in [-0.05, 0) is 32.0 Å². The average molecular weight is 312 g/mol. The van der Waals surface area contributed by atoms with Crippen LogP contribution >= 0.6 is 0 Å². The van der Waals surface area contributed by atoms with Crippen molar-refractivity contribution < 1.29 is 18.7 Å². The molecule has 0 radical (unpaired) electrons. The molecule has 1 heterocycles. The number of nitrogens with zero attached hydrogens (tertiary/aromatic N) is 1. The molecule has 6 heteroatoms. The molecule has 0 aliphatic carbocycles. The Kier molecular flexibility index (Phi) is 4.82. The van der Waals surface area contributed by atoms with Gasteiger partial charge in [-0.15, -0.1) is 0 Å². The second-order valence-corrected chi connectivity index (χ2v) is 4.97. The molecular weight excluding hydrogens is 296 g/mol. The van der Waals surface area contributed by atoms with Crippen LogP contribution in [0, 0.1) is 31.1 Å². The number of benzene rings is 1. The van der Waals surface area contributed by atoms with Gasteiger partial charge in [-0.25, -0.2) is 0 Å². The molecule has 1 aromatic heterocycles. The van der Waals surface area contributed by atoms with Crippen molar-refractivity contribution in [3.8, 4) is 11.8 Å². The van der Waals surface area contributed by atoms with E-state index in [1.807, 2.05) is 0 Å². The Morgan fingerprint density at radius 2 is 2.04 bits per heavy atom. The number of ketones is 1. The fraction of sp³-hybridized carbons (Fsp3) is 0.235. The number of hydrogen-bond acceptors (Lipinski definition) is 5. The maximum Gasteiger partial charge on any atom is 0.249 e. The van der Waals surface area contributed by atoms with E-state index in [9.17, 15) is 14.9 Å². The summed E-state index contributed by atoms with van der Waals surface area (Å²) in [4.78, 5) is 24.6. The molecule has 23 heavy (non-hydrogen) atoms. The number of carbonyl (C=O) groups excluding carboxylic acids is 2. The summed E-state index contributed by atoms with van der Waals surface area (Å²) in [6.45, 7) is 3.32. The Morgan fingerprint density at radius 1 is 1.30 bits per heavy atom. The summed E-state index contributed by atoms with van der Waals surface area (Å²) in [7, 11) is 1.51. The van der Waals surface area contributed by atoms with Crippen molar-refractivity contribution in [2.75, 3.05) is 12.4 Å². The topological polar surface area (TPSA) is 92.3 Å². The highest BCUT2D eigenvalue weighted by atomic mass is 16.5. The van der Waals surface area contributed by atoms with Crippen LogP contribution in [0.5, 0.6) is 5.75 Å². The van der Waals surface area contributed by atoms with E-state index in [1.54, 1.807) is 44.2 Å². The SMILES string of the molecule is COc1cccc(NC(=O)C(C#N)C(=O)c2cc(C)oc2C)c1. The zero-order chi connectivity index (χ0) is 17.0. The van der Waals surface area contributed by atoms with Crippen molar-refractivity contribution in [3.63, 3.8) is 0 Å². The lowest BCUT2D eigenvalue weighted by Crippen LogP contribution is -2.28. The Morgan fingerprint density at radius 3 is 2.61 bits per heavy atom. The minimum atomic E-state index is -1.45. The third-order valence-corrected chi connectivity index (χ3v) is 3.30. The van der Waals surface area contributed by atoms with Crippen LogP contribution in [0.25, 0.3) is 0 Å². The number of hydrogen-bond donors (Lipinski definition) is 1. The third kappa shape index (κ3) is 3.58. The molecule has 1 N–H and O–H groups in total. The van der Waals surface area contributed by atoms with Crippen molar-refractivity contribution in [3.05, 3.63) is 47.4 Å². The Bertz CT molecular complexity index is 786. The van der Waals surface area contributed by atoms with E-state index in [-0.39, 0.29) is 5.56 Å². The minimum Gasteiger partial charge on any atom is -0.497 e. The molecule has 0 saturated heterocycles. The summed E-state index contributed by atoms with van der Waals surface area (Å²) in [5.74, 6) is -1.22. The van der Waals surface area contributed by atoms with Gasteiger partial charge in [0.2, 0.25) is 5.91 Å². The highest BCUT2D eigenvalue weighted by Crippen LogP contribution is 2.21. The van der Waals surface area contributed by atoms with Gasteiger partial charge in [0, 0.05) is 11.8 Å². The molecule has 2 aromatic rings. The van der Waals surface area contributed by atoms with Crippen LogP contribution in [0.4, 0.5) is 5.69 Å². The van der Waals surface area contributed by atoms with E-state index in [0.717, 1.165) is 0 Å². The molecule has 1 aromatic carbocycles. The van der Waals surface area contributed by atoms with Gasteiger partial charge in [-0.2, -0.15) is 5.26 Å². The van der Waals surface area contributed by atoms with Crippen LogP contribution in [-0.2, 0) is 4.79 Å². The van der Waals surface area contributed by atoms with Crippen LogP contribution in [0.2, 0.25) is 0 Å². The molecule has 0 aliphatic rings. The highest BCUT2D eigenvalue weighted by molar-refractivity contribution is 6.15. The number of anilines is 1. The number of amides is 1. The van der Waals surface area contributed by atoms with E-state index in [1.165, 1.54) is 13.2 Å². The number of Topliss-reactive ketones (excluding diaryl/α,β-unsaturated/α-hetero) is 1. The number of nitriles is 1. The zero-order valence-corrected chi connectivity index (χ0v) is 13.0. The Balaban J connectivity index is 2.20. The first-order valence-electron chi connectivity index (χ1n) is 6.92. The molecule has 0 aliphatic heterocycles. The van der Waals surface area contributed by atoms with Crippen LogP contribution in [0.15, 0.2) is 34.7 Å². The second kappa shape index (κ2) is 6.79. The first-order valence-corrected chi connectivity index (χ1v) is 6.92. The Labute approximate surface area is 133 Å². The van der Waals surface area contributed by atoms with Gasteiger partial charge in [0.25, 0.3) is 0 Å². The lowest BCUT2D eigenvalue weighted by Gasteiger charge is -2.10. The summed E-state index contributed by atoms with van der Waals surface area (Å²) in [5, 5.41) is 11.8. The molecular formula is C17H16N2O4. The van der Waals surface area contributed by atoms with E-state index in [4.69, 9.17) is 9.15 Å². The van der Waals surface area contributed by atoms with Crippen LogP contribution in [-0.4, -0.2) is 18.8 Å². The van der Waals surface area contributed by atoms with Gasteiger partial charge in [0.1, 0.15) is 17.3 Å². The van der Waals surface area contributed by atoms with E-state index < -0.39 is 17.6 Å². The van der Waals surface area contributed by atoms with Crippen molar-refractivity contribution in [1.82, 2.24) is 0 Å². The lowest BCUT2D eigenvalue weighted by molar-refractivity contribution is -0.117. The second-order valence-electron chi connectivity index (χ2n) is 4.97. The van der Waals surface area contributed by atoms with Crippen molar-refractivity contribution in [2.45, 2.75) is 13.8 Å². The van der Waals surface area contributed by atoms with E-state index >= 15 is 0 Å². The fourth-order valence-corrected chi connectivity index (χ4v) is 2.18. The largest absolute Gasteiger partial charge is 0.497 e. The minimum absolute atomic E-state index is 0.245. The van der Waals surface area contributed by atoms with E-state index in [2.05, 4.69) is 5.32 Å². The molecule has 6 nitrogen and oxygen atoms in total. The molecule has 2 rings (SSSR count). The van der Waals surface area contributed by atoms with Crippen LogP contribution < -0.4 is 10.1 Å². The molecule has 0 bridgehead atoms. The number of methoxy groups -OCH3 is 1. The molecule has 1 amide bonds. The summed E-state index contributed by atoms with van der Waals surface area (Å²) >= 11 is 0. The highest BCUT2D eigenvalue weighted by Gasteiger charge is 2.30. The molecule has 118 valence electrons. The molecule has 1 unspecified atom stereocenters. The van der Waals surface area contributed by atoms with Crippen molar-refractivity contribution in [2.24, 2.45) is 5.92 Å². The summed E-state index contributed by atoms with van der Waals surface area (Å²) < 4.78 is 10.3. The molecule has 1 atom stereocenters. The molecule has 0 fully saturated rings. The number of furan rings is 1. The first kappa shape index (κ1) is 16.3. The third-order valence-electron chi connectivity index (χ3n) is 3.30. The van der Waals surface area contributed by atoms with Crippen LogP contribution in [0.1, 0.15) is 21.9 Å². The number of carbonyl (C=O) groups is 2. The number of rotatable bonds is 5. The predicted octanol–water partition coefficient (Wildman–Crippen LogP) is 2.87. The van der Waals surface area contributed by atoms with Gasteiger partial charge in [-0.1, -0.05) is 6.07 Å². The van der Waals surface area contributed by atoms with E-state index in [0.29, 0.717) is 23.0 Å². The summed E-state index contributed by atoms with van der Waals surface area (Å²) in [6, 6.07) is 9.94. The van der Waals surface area contributed by atoms with Gasteiger partial charge in [-0.3, -0.25) is 9.59 Å². The lowest BCUT2D eigenvalue weighted by atomic mass is 9.98. The van der Waals surface area contributed by atoms with Crippen LogP contribution in [0.3, 0.4) is 0 Å². The quantitative estimate of drug-likeness (QED) is 0.677. The van der Waals surface area contributed by atoms with Gasteiger partial charge >= 0.3 is 0 Å². The standard InChI is InChI=1S/C17H16N2O4/c1-10-7-14(11(2)23-10)16(20)15(9-18)17(21)19-12-5-4-6-13(8-12)22-3/h4-8,15H,1-3H3,(H,19,21). The molecule has 0 spiro atoms. The number of nitrogens with one attached hydrogen (secondary N) is 1. The summed E-state index contributed by atoms with van der Waals surface area (Å²) in [5.41, 5.74) is 0.692. The van der Waals surface area contributed by atoms with Crippen molar-refractivity contribution in [1.29, 1.82) is 5.26 Å². The van der Waals surface area contributed by atoms with Gasteiger partial charge < -0.3 is 14.5 Å².